The summed E-state index contributed by atoms with van der Waals surface area (Å²) in [5.74, 6) is -1.39. The van der Waals surface area contributed by atoms with Gasteiger partial charge in [-0.1, -0.05) is 17.7 Å². The van der Waals surface area contributed by atoms with Crippen molar-refractivity contribution in [3.05, 3.63) is 65.0 Å². The fourth-order valence-electron chi connectivity index (χ4n) is 1.60. The minimum atomic E-state index is -1.07. The van der Waals surface area contributed by atoms with Gasteiger partial charge in [-0.15, -0.1) is 0 Å². The third-order valence-electron chi connectivity index (χ3n) is 2.59. The van der Waals surface area contributed by atoms with Crippen LogP contribution in [0.3, 0.4) is 0 Å². The zero-order chi connectivity index (χ0) is 15.2. The largest absolute Gasteiger partial charge is 0.478 e. The summed E-state index contributed by atoms with van der Waals surface area (Å²) in [6, 6.07) is 8.06. The van der Waals surface area contributed by atoms with Gasteiger partial charge in [-0.3, -0.25) is 9.78 Å². The lowest BCUT2D eigenvalue weighted by Crippen LogP contribution is -2.11. The molecule has 1 aromatic carbocycles. The first kappa shape index (κ1) is 14.7. The Morgan fingerprint density at radius 2 is 2.10 bits per heavy atom. The van der Waals surface area contributed by atoms with E-state index in [0.717, 1.165) is 6.08 Å². The van der Waals surface area contributed by atoms with Crippen LogP contribution in [0.5, 0.6) is 0 Å². The summed E-state index contributed by atoms with van der Waals surface area (Å²) in [5, 5.41) is 11.6. The third kappa shape index (κ3) is 4.15. The minimum Gasteiger partial charge on any atom is -0.478 e. The highest BCUT2D eigenvalue weighted by Gasteiger charge is 2.08. The maximum absolute atomic E-state index is 12.0. The molecule has 0 atom stereocenters. The first-order chi connectivity index (χ1) is 10.1. The zero-order valence-electron chi connectivity index (χ0n) is 10.8. The monoisotopic (exact) mass is 302 g/mol. The van der Waals surface area contributed by atoms with Gasteiger partial charge in [0, 0.05) is 22.9 Å². The van der Waals surface area contributed by atoms with Gasteiger partial charge >= 0.3 is 5.97 Å². The minimum absolute atomic E-state index is 0.298. The van der Waals surface area contributed by atoms with Crippen LogP contribution in [-0.2, 0) is 4.79 Å². The molecule has 0 aliphatic heterocycles. The Labute approximate surface area is 125 Å². The number of rotatable bonds is 4. The van der Waals surface area contributed by atoms with Crippen molar-refractivity contribution in [1.82, 2.24) is 4.98 Å². The van der Waals surface area contributed by atoms with Crippen molar-refractivity contribution in [2.75, 3.05) is 5.32 Å². The summed E-state index contributed by atoms with van der Waals surface area (Å²) in [4.78, 5) is 26.4. The molecule has 0 aliphatic carbocycles. The van der Waals surface area contributed by atoms with E-state index < -0.39 is 5.97 Å². The first-order valence-corrected chi connectivity index (χ1v) is 6.36. The molecule has 2 aromatic rings. The Bertz CT molecular complexity index is 699. The number of pyridine rings is 1. The van der Waals surface area contributed by atoms with Crippen molar-refractivity contribution in [3.63, 3.8) is 0 Å². The Kier molecular flexibility index (Phi) is 4.68. The van der Waals surface area contributed by atoms with Gasteiger partial charge in [0.25, 0.3) is 5.91 Å². The van der Waals surface area contributed by atoms with Crippen LogP contribution in [0.15, 0.2) is 48.8 Å². The number of nitrogens with one attached hydrogen (secondary N) is 1. The number of carboxylic acids is 1. The van der Waals surface area contributed by atoms with Crippen LogP contribution in [0.2, 0.25) is 5.02 Å². The molecule has 6 heteroatoms. The predicted molar refractivity (Wildman–Crippen MR) is 80.3 cm³/mol. The van der Waals surface area contributed by atoms with Crippen molar-refractivity contribution in [3.8, 4) is 0 Å². The summed E-state index contributed by atoms with van der Waals surface area (Å²) >= 11 is 6.02. The molecule has 2 N–H and O–H groups in total. The molecule has 0 fully saturated rings. The molecule has 1 heterocycles. The molecule has 2 rings (SSSR count). The molecule has 5 nitrogen and oxygen atoms in total. The number of amides is 1. The summed E-state index contributed by atoms with van der Waals surface area (Å²) in [5.41, 5.74) is 1.47. The lowest BCUT2D eigenvalue weighted by atomic mass is 10.1. The Hall–Kier alpha value is -2.66. The van der Waals surface area contributed by atoms with E-state index in [-0.39, 0.29) is 5.91 Å². The van der Waals surface area contributed by atoms with Gasteiger partial charge < -0.3 is 10.4 Å². The number of hydrogen-bond acceptors (Lipinski definition) is 3. The summed E-state index contributed by atoms with van der Waals surface area (Å²) < 4.78 is 0. The molecular formula is C15H11ClN2O3. The van der Waals surface area contributed by atoms with Gasteiger partial charge in [0.05, 0.1) is 11.9 Å². The topological polar surface area (TPSA) is 79.3 Å². The van der Waals surface area contributed by atoms with Gasteiger partial charge in [-0.2, -0.15) is 0 Å². The number of carbonyl (C=O) groups excluding carboxylic acids is 1. The molecule has 0 saturated carbocycles. The molecule has 0 aliphatic rings. The maximum Gasteiger partial charge on any atom is 0.328 e. The fourth-order valence-corrected chi connectivity index (χ4v) is 1.85. The maximum atomic E-state index is 12.0. The Balaban J connectivity index is 2.16. The van der Waals surface area contributed by atoms with Gasteiger partial charge in [0.15, 0.2) is 0 Å². The van der Waals surface area contributed by atoms with Crippen LogP contribution in [0.25, 0.3) is 6.08 Å². The fraction of sp³-hybridized carbons (Fsp3) is 0. The van der Waals surface area contributed by atoms with Gasteiger partial charge in [-0.05, 0) is 35.9 Å². The molecule has 0 radical (unpaired) electrons. The molecule has 1 amide bonds. The SMILES string of the molecule is O=C(O)/C=C/c1ccc(C(=O)Nc2cccnc2)cc1Cl. The second kappa shape index (κ2) is 6.67. The van der Waals surface area contributed by atoms with Crippen LogP contribution in [0, 0.1) is 0 Å². The third-order valence-corrected chi connectivity index (χ3v) is 2.91. The zero-order valence-corrected chi connectivity index (χ0v) is 11.5. The normalized spacial score (nSPS) is 10.5. The number of aromatic nitrogens is 1. The number of carboxylic acid groups (broad SMARTS) is 1. The van der Waals surface area contributed by atoms with E-state index >= 15 is 0 Å². The highest BCUT2D eigenvalue weighted by Crippen LogP contribution is 2.20. The average Bonchev–Trinajstić information content (AvgIpc) is 2.46. The number of aliphatic carboxylic acids is 1. The number of benzene rings is 1. The summed E-state index contributed by atoms with van der Waals surface area (Å²) in [6.45, 7) is 0. The van der Waals surface area contributed by atoms with E-state index in [2.05, 4.69) is 10.3 Å². The van der Waals surface area contributed by atoms with Crippen LogP contribution >= 0.6 is 11.6 Å². The lowest BCUT2D eigenvalue weighted by molar-refractivity contribution is -0.131. The van der Waals surface area contributed by atoms with Crippen LogP contribution in [-0.4, -0.2) is 22.0 Å². The van der Waals surface area contributed by atoms with Crippen molar-refractivity contribution in [1.29, 1.82) is 0 Å². The lowest BCUT2D eigenvalue weighted by Gasteiger charge is -2.06. The van der Waals surface area contributed by atoms with Crippen molar-refractivity contribution in [2.45, 2.75) is 0 Å². The van der Waals surface area contributed by atoms with Crippen molar-refractivity contribution in [2.24, 2.45) is 0 Å². The number of hydrogen-bond donors (Lipinski definition) is 2. The van der Waals surface area contributed by atoms with E-state index in [1.807, 2.05) is 0 Å². The number of halogens is 1. The van der Waals surface area contributed by atoms with Crippen molar-refractivity contribution >= 4 is 35.2 Å². The highest BCUT2D eigenvalue weighted by atomic mass is 35.5. The summed E-state index contributed by atoms with van der Waals surface area (Å²) in [6.07, 6.45) is 5.49. The van der Waals surface area contributed by atoms with Gasteiger partial charge in [0.1, 0.15) is 0 Å². The quantitative estimate of drug-likeness (QED) is 0.851. The molecule has 0 spiro atoms. The first-order valence-electron chi connectivity index (χ1n) is 5.98. The molecule has 0 bridgehead atoms. The predicted octanol–water partition coefficient (Wildman–Crippen LogP) is 3.09. The van der Waals surface area contributed by atoms with E-state index in [1.54, 1.807) is 30.5 Å². The molecule has 0 saturated heterocycles. The smallest absolute Gasteiger partial charge is 0.328 e. The van der Waals surface area contributed by atoms with E-state index in [1.165, 1.54) is 18.3 Å². The molecule has 0 unspecified atom stereocenters. The molecule has 21 heavy (non-hydrogen) atoms. The van der Waals surface area contributed by atoms with E-state index in [0.29, 0.717) is 21.8 Å². The summed E-state index contributed by atoms with van der Waals surface area (Å²) in [7, 11) is 0. The van der Waals surface area contributed by atoms with E-state index in [9.17, 15) is 9.59 Å². The standard InChI is InChI=1S/C15H11ClN2O3/c16-13-8-11(4-3-10(13)5-6-14(19)20)15(21)18-12-2-1-7-17-9-12/h1-9H,(H,18,21)(H,19,20)/b6-5+. The van der Waals surface area contributed by atoms with Crippen LogP contribution in [0.1, 0.15) is 15.9 Å². The second-order valence-corrected chi connectivity index (χ2v) is 4.51. The van der Waals surface area contributed by atoms with Crippen LogP contribution in [0.4, 0.5) is 5.69 Å². The molecule has 1 aromatic heterocycles. The van der Waals surface area contributed by atoms with Crippen LogP contribution < -0.4 is 5.32 Å². The number of carbonyl (C=O) groups is 2. The molecule has 106 valence electrons. The average molecular weight is 303 g/mol. The van der Waals surface area contributed by atoms with Gasteiger partial charge in [0.2, 0.25) is 0 Å². The van der Waals surface area contributed by atoms with Gasteiger partial charge in [-0.25, -0.2) is 4.79 Å². The number of anilines is 1. The Morgan fingerprint density at radius 1 is 1.29 bits per heavy atom. The number of nitrogens with zero attached hydrogens (tertiary/aromatic N) is 1. The highest BCUT2D eigenvalue weighted by molar-refractivity contribution is 6.32. The Morgan fingerprint density at radius 3 is 2.71 bits per heavy atom. The second-order valence-electron chi connectivity index (χ2n) is 4.10. The van der Waals surface area contributed by atoms with E-state index in [4.69, 9.17) is 16.7 Å². The molecular weight excluding hydrogens is 292 g/mol. The van der Waals surface area contributed by atoms with Crippen molar-refractivity contribution < 1.29 is 14.7 Å².